The summed E-state index contributed by atoms with van der Waals surface area (Å²) >= 11 is 5.94. The minimum atomic E-state index is -0.322. The van der Waals surface area contributed by atoms with Crippen LogP contribution in [-0.4, -0.2) is 29.9 Å². The first-order valence-corrected chi connectivity index (χ1v) is 6.09. The van der Waals surface area contributed by atoms with Gasteiger partial charge in [0.25, 0.3) is 5.91 Å². The molecule has 1 heterocycles. The average Bonchev–Trinajstić information content (AvgIpc) is 2.29. The highest BCUT2D eigenvalue weighted by atomic mass is 35.5. The molecule has 5 nitrogen and oxygen atoms in total. The van der Waals surface area contributed by atoms with E-state index < -0.39 is 0 Å². The number of pyridine rings is 1. The predicted octanol–water partition coefficient (Wildman–Crippen LogP) is 1.30. The number of hydrogen-bond acceptors (Lipinski definition) is 3. The van der Waals surface area contributed by atoms with Crippen molar-refractivity contribution in [1.29, 1.82) is 0 Å². The van der Waals surface area contributed by atoms with Crippen molar-refractivity contribution in [2.45, 2.75) is 20.3 Å². The van der Waals surface area contributed by atoms with Gasteiger partial charge in [-0.15, -0.1) is 0 Å². The molecule has 0 aliphatic rings. The van der Waals surface area contributed by atoms with Gasteiger partial charge in [0.2, 0.25) is 5.91 Å². The van der Waals surface area contributed by atoms with E-state index >= 15 is 0 Å². The molecule has 0 aromatic carbocycles. The van der Waals surface area contributed by atoms with Crippen LogP contribution in [0.2, 0.25) is 5.02 Å². The number of aromatic nitrogens is 1. The third-order valence-corrected chi connectivity index (χ3v) is 2.56. The second kappa shape index (κ2) is 6.96. The summed E-state index contributed by atoms with van der Waals surface area (Å²) < 4.78 is 0. The van der Waals surface area contributed by atoms with Crippen molar-refractivity contribution >= 4 is 23.4 Å². The Morgan fingerprint density at radius 2 is 2.11 bits per heavy atom. The van der Waals surface area contributed by atoms with E-state index in [4.69, 9.17) is 11.6 Å². The summed E-state index contributed by atoms with van der Waals surface area (Å²) in [6.07, 6.45) is 1.68. The van der Waals surface area contributed by atoms with Gasteiger partial charge in [-0.05, 0) is 19.9 Å². The van der Waals surface area contributed by atoms with E-state index in [9.17, 15) is 9.59 Å². The van der Waals surface area contributed by atoms with Gasteiger partial charge < -0.3 is 10.6 Å². The summed E-state index contributed by atoms with van der Waals surface area (Å²) in [7, 11) is 0. The Hall–Kier alpha value is -1.62. The van der Waals surface area contributed by atoms with E-state index in [1.807, 2.05) is 6.92 Å². The van der Waals surface area contributed by atoms with Crippen molar-refractivity contribution < 1.29 is 9.59 Å². The van der Waals surface area contributed by atoms with Crippen molar-refractivity contribution in [3.05, 3.63) is 28.5 Å². The van der Waals surface area contributed by atoms with Crippen LogP contribution in [0, 0.1) is 6.92 Å². The first-order valence-electron chi connectivity index (χ1n) is 5.71. The smallest absolute Gasteiger partial charge is 0.254 e. The van der Waals surface area contributed by atoms with E-state index in [0.717, 1.165) is 5.69 Å². The van der Waals surface area contributed by atoms with Gasteiger partial charge in [-0.1, -0.05) is 11.6 Å². The van der Waals surface area contributed by atoms with Crippen molar-refractivity contribution in [1.82, 2.24) is 15.6 Å². The molecule has 6 heteroatoms. The molecule has 0 saturated heterocycles. The van der Waals surface area contributed by atoms with Crippen LogP contribution in [-0.2, 0) is 4.79 Å². The van der Waals surface area contributed by atoms with Gasteiger partial charge in [-0.3, -0.25) is 14.6 Å². The summed E-state index contributed by atoms with van der Waals surface area (Å²) in [5.74, 6) is -0.414. The third-order valence-electron chi connectivity index (χ3n) is 2.25. The highest BCUT2D eigenvalue weighted by molar-refractivity contribution is 6.33. The lowest BCUT2D eigenvalue weighted by Crippen LogP contribution is -2.30. The number of hydrogen-bond donors (Lipinski definition) is 2. The molecule has 0 saturated carbocycles. The lowest BCUT2D eigenvalue weighted by atomic mass is 10.2. The highest BCUT2D eigenvalue weighted by Gasteiger charge is 2.11. The Morgan fingerprint density at radius 1 is 1.39 bits per heavy atom. The fraction of sp³-hybridized carbons (Fsp3) is 0.417. The summed E-state index contributed by atoms with van der Waals surface area (Å²) in [5, 5.41) is 5.63. The number of amides is 2. The van der Waals surface area contributed by atoms with Gasteiger partial charge in [0.1, 0.15) is 0 Å². The molecule has 0 aliphatic carbocycles. The standard InChI is InChI=1S/C12H16ClN3O2/c1-3-14-11(17)4-5-15-12(18)9-7-16-8(2)6-10(9)13/h6-7H,3-5H2,1-2H3,(H,14,17)(H,15,18). The summed E-state index contributed by atoms with van der Waals surface area (Å²) in [6.45, 7) is 4.49. The predicted molar refractivity (Wildman–Crippen MR) is 69.6 cm³/mol. The molecule has 0 fully saturated rings. The van der Waals surface area contributed by atoms with Crippen LogP contribution < -0.4 is 10.6 Å². The van der Waals surface area contributed by atoms with Gasteiger partial charge in [0, 0.05) is 31.4 Å². The van der Waals surface area contributed by atoms with Gasteiger partial charge in [0.15, 0.2) is 0 Å². The number of carbonyl (C=O) groups is 2. The lowest BCUT2D eigenvalue weighted by Gasteiger charge is -2.06. The first-order chi connectivity index (χ1) is 8.54. The molecular weight excluding hydrogens is 254 g/mol. The van der Waals surface area contributed by atoms with Crippen LogP contribution in [0.3, 0.4) is 0 Å². The van der Waals surface area contributed by atoms with Crippen LogP contribution >= 0.6 is 11.6 Å². The van der Waals surface area contributed by atoms with E-state index in [-0.39, 0.29) is 24.8 Å². The number of nitrogens with zero attached hydrogens (tertiary/aromatic N) is 1. The zero-order chi connectivity index (χ0) is 13.5. The topological polar surface area (TPSA) is 71.1 Å². The molecule has 18 heavy (non-hydrogen) atoms. The lowest BCUT2D eigenvalue weighted by molar-refractivity contribution is -0.120. The Kier molecular flexibility index (Phi) is 5.58. The molecular formula is C12H16ClN3O2. The van der Waals surface area contributed by atoms with Crippen molar-refractivity contribution in [2.24, 2.45) is 0 Å². The quantitative estimate of drug-likeness (QED) is 0.846. The summed E-state index contributed by atoms with van der Waals surface area (Å²) in [4.78, 5) is 26.9. The van der Waals surface area contributed by atoms with Crippen LogP contribution in [0.25, 0.3) is 0 Å². The first kappa shape index (κ1) is 14.4. The van der Waals surface area contributed by atoms with E-state index in [2.05, 4.69) is 15.6 Å². The monoisotopic (exact) mass is 269 g/mol. The van der Waals surface area contributed by atoms with Crippen molar-refractivity contribution in [3.8, 4) is 0 Å². The number of rotatable bonds is 5. The molecule has 0 spiro atoms. The third kappa shape index (κ3) is 4.33. The fourth-order valence-electron chi connectivity index (χ4n) is 1.36. The van der Waals surface area contributed by atoms with E-state index in [1.54, 1.807) is 13.0 Å². The maximum Gasteiger partial charge on any atom is 0.254 e. The van der Waals surface area contributed by atoms with Crippen LogP contribution in [0.1, 0.15) is 29.4 Å². The molecule has 0 atom stereocenters. The normalized spacial score (nSPS) is 9.94. The number of halogens is 1. The highest BCUT2D eigenvalue weighted by Crippen LogP contribution is 2.15. The molecule has 2 amide bonds. The van der Waals surface area contributed by atoms with Gasteiger partial charge in [-0.2, -0.15) is 0 Å². The summed E-state index contributed by atoms with van der Waals surface area (Å²) in [5.41, 5.74) is 1.07. The Bertz CT molecular complexity index is 449. The Labute approximate surface area is 111 Å². The summed E-state index contributed by atoms with van der Waals surface area (Å²) in [6, 6.07) is 1.63. The molecule has 1 rings (SSSR count). The molecule has 2 N–H and O–H groups in total. The van der Waals surface area contributed by atoms with Crippen molar-refractivity contribution in [3.63, 3.8) is 0 Å². The largest absolute Gasteiger partial charge is 0.356 e. The second-order valence-corrected chi connectivity index (χ2v) is 4.17. The van der Waals surface area contributed by atoms with Crippen LogP contribution in [0.4, 0.5) is 0 Å². The molecule has 0 radical (unpaired) electrons. The van der Waals surface area contributed by atoms with E-state index in [1.165, 1.54) is 6.20 Å². The van der Waals surface area contributed by atoms with Crippen LogP contribution in [0.5, 0.6) is 0 Å². The number of nitrogens with one attached hydrogen (secondary N) is 2. The fourth-order valence-corrected chi connectivity index (χ4v) is 1.66. The minimum Gasteiger partial charge on any atom is -0.356 e. The maximum atomic E-state index is 11.7. The van der Waals surface area contributed by atoms with Gasteiger partial charge in [-0.25, -0.2) is 0 Å². The maximum absolute atomic E-state index is 11.7. The second-order valence-electron chi connectivity index (χ2n) is 3.76. The molecule has 0 bridgehead atoms. The van der Waals surface area contributed by atoms with Gasteiger partial charge >= 0.3 is 0 Å². The zero-order valence-corrected chi connectivity index (χ0v) is 11.2. The molecule has 1 aromatic rings. The molecule has 0 aliphatic heterocycles. The van der Waals surface area contributed by atoms with E-state index in [0.29, 0.717) is 17.1 Å². The Morgan fingerprint density at radius 3 is 2.72 bits per heavy atom. The van der Waals surface area contributed by atoms with Gasteiger partial charge in [0.05, 0.1) is 10.6 Å². The Balaban J connectivity index is 2.48. The zero-order valence-electron chi connectivity index (χ0n) is 10.4. The molecule has 0 unspecified atom stereocenters. The van der Waals surface area contributed by atoms with Crippen LogP contribution in [0.15, 0.2) is 12.3 Å². The minimum absolute atomic E-state index is 0.0917. The SMILES string of the molecule is CCNC(=O)CCNC(=O)c1cnc(C)cc1Cl. The number of aryl methyl sites for hydroxylation is 1. The molecule has 98 valence electrons. The molecule has 1 aromatic heterocycles. The average molecular weight is 270 g/mol. The number of carbonyl (C=O) groups excluding carboxylic acids is 2. The van der Waals surface area contributed by atoms with Crippen molar-refractivity contribution in [2.75, 3.05) is 13.1 Å².